The fraction of sp³-hybridized carbons (Fsp3) is 0.265. The third kappa shape index (κ3) is 7.19. The molecule has 46 heavy (non-hydrogen) atoms. The zero-order valence-corrected chi connectivity index (χ0v) is 25.8. The molecule has 0 bridgehead atoms. The van der Waals surface area contributed by atoms with Crippen LogP contribution in [0.2, 0.25) is 0 Å². The summed E-state index contributed by atoms with van der Waals surface area (Å²) in [7, 11) is 3.16. The molecule has 12 heteroatoms. The summed E-state index contributed by atoms with van der Waals surface area (Å²) >= 11 is 0. The number of likely N-dealkylation sites (N-methyl/N-ethyl adjacent to an activating group) is 1. The van der Waals surface area contributed by atoms with Crippen LogP contribution in [0.1, 0.15) is 38.8 Å². The van der Waals surface area contributed by atoms with Crippen LogP contribution in [0.5, 0.6) is 0 Å². The van der Waals surface area contributed by atoms with E-state index < -0.39 is 23.3 Å². The van der Waals surface area contributed by atoms with Gasteiger partial charge in [-0.05, 0) is 74.1 Å². The maximum absolute atomic E-state index is 14.0. The average molecular weight is 627 g/mol. The number of halogens is 1. The van der Waals surface area contributed by atoms with Crippen molar-refractivity contribution < 1.29 is 23.5 Å². The van der Waals surface area contributed by atoms with Crippen molar-refractivity contribution >= 4 is 29.1 Å². The van der Waals surface area contributed by atoms with Gasteiger partial charge in [0.2, 0.25) is 5.91 Å². The first-order valence-electron chi connectivity index (χ1n) is 14.9. The summed E-state index contributed by atoms with van der Waals surface area (Å²) in [6.07, 6.45) is 1.47. The number of hydrogen-bond donors (Lipinski definition) is 3. The van der Waals surface area contributed by atoms with Gasteiger partial charge in [0.05, 0.1) is 37.7 Å². The molecular formula is C34H35FN6O5. The Bertz CT molecular complexity index is 1820. The lowest BCUT2D eigenvalue weighted by atomic mass is 9.99. The van der Waals surface area contributed by atoms with Gasteiger partial charge in [-0.3, -0.25) is 23.7 Å². The number of nitrogens with one attached hydrogen (secondary N) is 3. The maximum atomic E-state index is 14.0. The van der Waals surface area contributed by atoms with E-state index in [1.165, 1.54) is 42.1 Å². The number of carbonyl (C=O) groups is 3. The lowest BCUT2D eigenvalue weighted by Gasteiger charge is -2.29. The van der Waals surface area contributed by atoms with Crippen molar-refractivity contribution in [3.05, 3.63) is 111 Å². The van der Waals surface area contributed by atoms with Crippen LogP contribution in [0.15, 0.2) is 77.7 Å². The van der Waals surface area contributed by atoms with Crippen LogP contribution in [0, 0.1) is 5.82 Å². The number of aromatic nitrogens is 2. The topological polar surface area (TPSA) is 135 Å². The van der Waals surface area contributed by atoms with Crippen LogP contribution in [0.25, 0.3) is 11.3 Å². The minimum atomic E-state index is -0.580. The molecule has 4 aromatic rings. The Morgan fingerprint density at radius 1 is 0.957 bits per heavy atom. The maximum Gasteiger partial charge on any atom is 0.294 e. The van der Waals surface area contributed by atoms with E-state index >= 15 is 0 Å². The van der Waals surface area contributed by atoms with Gasteiger partial charge in [0.1, 0.15) is 5.82 Å². The summed E-state index contributed by atoms with van der Waals surface area (Å²) in [5, 5.41) is 8.04. The summed E-state index contributed by atoms with van der Waals surface area (Å²) in [6.45, 7) is 3.93. The number of morpholine rings is 1. The third-order valence-corrected chi connectivity index (χ3v) is 7.83. The number of ether oxygens (including phenoxy) is 1. The second-order valence-corrected chi connectivity index (χ2v) is 10.9. The van der Waals surface area contributed by atoms with Gasteiger partial charge in [-0.1, -0.05) is 12.1 Å². The molecule has 238 valence electrons. The highest BCUT2D eigenvalue weighted by molar-refractivity contribution is 6.09. The first-order valence-corrected chi connectivity index (χ1v) is 14.9. The number of amides is 2. The van der Waals surface area contributed by atoms with Gasteiger partial charge < -0.3 is 25.6 Å². The SMILES string of the molecule is CNC(=O)c1cccc(-c2cnc(NC(=O)C(C)NC)c(=O)n2Cc2cc(C(=O)c3ccc(F)cc3)cc(N3CCOCC3)c2)c1. The molecule has 0 radical (unpaired) electrons. The van der Waals surface area contributed by atoms with Crippen molar-refractivity contribution in [3.8, 4) is 11.3 Å². The molecule has 1 aromatic heterocycles. The molecule has 1 unspecified atom stereocenters. The van der Waals surface area contributed by atoms with Gasteiger partial charge in [0.25, 0.3) is 11.5 Å². The fourth-order valence-corrected chi connectivity index (χ4v) is 5.13. The Hall–Kier alpha value is -5.20. The summed E-state index contributed by atoms with van der Waals surface area (Å²) in [4.78, 5) is 59.1. The van der Waals surface area contributed by atoms with E-state index in [-0.39, 0.29) is 24.1 Å². The second-order valence-electron chi connectivity index (χ2n) is 10.9. The first-order chi connectivity index (χ1) is 22.2. The predicted molar refractivity (Wildman–Crippen MR) is 173 cm³/mol. The van der Waals surface area contributed by atoms with Crippen LogP contribution in [-0.4, -0.2) is 73.6 Å². The highest BCUT2D eigenvalue weighted by Gasteiger charge is 2.21. The van der Waals surface area contributed by atoms with Crippen LogP contribution < -0.4 is 26.4 Å². The van der Waals surface area contributed by atoms with Gasteiger partial charge in [0, 0.05) is 48.1 Å². The molecule has 0 aliphatic carbocycles. The van der Waals surface area contributed by atoms with E-state index in [9.17, 15) is 23.6 Å². The first kappa shape index (κ1) is 32.2. The lowest BCUT2D eigenvalue weighted by Crippen LogP contribution is -2.38. The summed E-state index contributed by atoms with van der Waals surface area (Å²) in [5.74, 6) is -1.64. The van der Waals surface area contributed by atoms with Gasteiger partial charge in [-0.2, -0.15) is 0 Å². The molecule has 1 aliphatic heterocycles. The van der Waals surface area contributed by atoms with E-state index in [4.69, 9.17) is 4.74 Å². The Morgan fingerprint density at radius 3 is 2.39 bits per heavy atom. The number of nitrogens with zero attached hydrogens (tertiary/aromatic N) is 3. The highest BCUT2D eigenvalue weighted by atomic mass is 19.1. The minimum absolute atomic E-state index is 0.00716. The minimum Gasteiger partial charge on any atom is -0.378 e. The third-order valence-electron chi connectivity index (χ3n) is 7.83. The van der Waals surface area contributed by atoms with Gasteiger partial charge in [0.15, 0.2) is 11.6 Å². The summed E-state index contributed by atoms with van der Waals surface area (Å²) in [5.41, 5.74) is 2.87. The smallest absolute Gasteiger partial charge is 0.294 e. The van der Waals surface area contributed by atoms with Crippen LogP contribution in [0.4, 0.5) is 15.9 Å². The number of hydrogen-bond acceptors (Lipinski definition) is 8. The van der Waals surface area contributed by atoms with Crippen LogP contribution >= 0.6 is 0 Å². The Morgan fingerprint density at radius 2 is 1.70 bits per heavy atom. The van der Waals surface area contributed by atoms with Crippen molar-refractivity contribution in [2.24, 2.45) is 0 Å². The molecule has 3 aromatic carbocycles. The van der Waals surface area contributed by atoms with E-state index in [1.807, 2.05) is 6.07 Å². The number of ketones is 1. The van der Waals surface area contributed by atoms with Crippen molar-refractivity contribution in [3.63, 3.8) is 0 Å². The second kappa shape index (κ2) is 14.3. The highest BCUT2D eigenvalue weighted by Crippen LogP contribution is 2.26. The van der Waals surface area contributed by atoms with Crippen molar-refractivity contribution in [1.29, 1.82) is 0 Å². The average Bonchev–Trinajstić information content (AvgIpc) is 3.09. The van der Waals surface area contributed by atoms with Crippen molar-refractivity contribution in [2.75, 3.05) is 50.6 Å². The normalized spacial score (nSPS) is 13.6. The fourth-order valence-electron chi connectivity index (χ4n) is 5.13. The molecule has 2 heterocycles. The predicted octanol–water partition coefficient (Wildman–Crippen LogP) is 3.07. The quantitative estimate of drug-likeness (QED) is 0.229. The molecule has 1 saturated heterocycles. The van der Waals surface area contributed by atoms with Crippen LogP contribution in [-0.2, 0) is 16.1 Å². The van der Waals surface area contributed by atoms with E-state index in [1.54, 1.807) is 50.4 Å². The molecule has 0 spiro atoms. The molecule has 1 aliphatic rings. The monoisotopic (exact) mass is 626 g/mol. The molecule has 1 atom stereocenters. The molecular weight excluding hydrogens is 591 g/mol. The van der Waals surface area contributed by atoms with Crippen molar-refractivity contribution in [1.82, 2.24) is 20.2 Å². The number of rotatable bonds is 10. The standard InChI is InChI=1S/C34H35FN6O5/c1-21(36-2)32(43)39-31-34(45)41(29(19-38-31)24-5-4-6-25(17-24)33(44)37-3)20-22-15-26(30(42)23-7-9-27(35)10-8-23)18-28(16-22)40-11-13-46-14-12-40/h4-10,15-19,21,36H,11-14,20H2,1-3H3,(H,37,44)(H,38,39,43). The largest absolute Gasteiger partial charge is 0.378 e. The summed E-state index contributed by atoms with van der Waals surface area (Å²) in [6, 6.07) is 16.9. The molecule has 11 nitrogen and oxygen atoms in total. The van der Waals surface area contributed by atoms with Crippen LogP contribution in [0.3, 0.4) is 0 Å². The van der Waals surface area contributed by atoms with E-state index in [0.29, 0.717) is 59.8 Å². The zero-order valence-electron chi connectivity index (χ0n) is 25.8. The lowest BCUT2D eigenvalue weighted by molar-refractivity contribution is -0.117. The van der Waals surface area contributed by atoms with E-state index in [0.717, 1.165) is 5.69 Å². The Balaban J connectivity index is 1.64. The number of anilines is 2. The molecule has 5 rings (SSSR count). The Kier molecular flexibility index (Phi) is 9.99. The molecule has 3 N–H and O–H groups in total. The van der Waals surface area contributed by atoms with Gasteiger partial charge >= 0.3 is 0 Å². The molecule has 0 saturated carbocycles. The van der Waals surface area contributed by atoms with E-state index in [2.05, 4.69) is 25.8 Å². The van der Waals surface area contributed by atoms with Crippen molar-refractivity contribution in [2.45, 2.75) is 19.5 Å². The number of carbonyl (C=O) groups excluding carboxylic acids is 3. The zero-order chi connectivity index (χ0) is 32.8. The molecule has 2 amide bonds. The number of benzene rings is 3. The Labute approximate surface area is 265 Å². The van der Waals surface area contributed by atoms with Gasteiger partial charge in [-0.25, -0.2) is 9.37 Å². The van der Waals surface area contributed by atoms with Gasteiger partial charge in [-0.15, -0.1) is 0 Å². The summed E-state index contributed by atoms with van der Waals surface area (Å²) < 4.78 is 20.6. The molecule has 1 fully saturated rings.